The van der Waals surface area contributed by atoms with Crippen LogP contribution in [-0.4, -0.2) is 5.54 Å². The zero-order chi connectivity index (χ0) is 13.0. The summed E-state index contributed by atoms with van der Waals surface area (Å²) in [5, 5.41) is 13.0. The van der Waals surface area contributed by atoms with Crippen LogP contribution in [-0.2, 0) is 0 Å². The van der Waals surface area contributed by atoms with Crippen molar-refractivity contribution in [2.75, 3.05) is 5.32 Å². The van der Waals surface area contributed by atoms with Crippen LogP contribution in [0.25, 0.3) is 0 Å². The first-order valence-electron chi connectivity index (χ1n) is 6.90. The zero-order valence-electron chi connectivity index (χ0n) is 11.3. The average Bonchev–Trinajstić information content (AvgIpc) is 2.40. The molecule has 0 aliphatic heterocycles. The van der Waals surface area contributed by atoms with E-state index in [4.69, 9.17) is 0 Å². The van der Waals surface area contributed by atoms with Crippen molar-refractivity contribution >= 4 is 5.69 Å². The number of anilines is 1. The van der Waals surface area contributed by atoms with Crippen LogP contribution >= 0.6 is 0 Å². The number of nitriles is 1. The molecule has 1 aliphatic carbocycles. The molecule has 1 fully saturated rings. The van der Waals surface area contributed by atoms with E-state index in [1.54, 1.807) is 0 Å². The van der Waals surface area contributed by atoms with Crippen LogP contribution in [0.3, 0.4) is 0 Å². The van der Waals surface area contributed by atoms with Crippen LogP contribution < -0.4 is 5.32 Å². The zero-order valence-corrected chi connectivity index (χ0v) is 11.3. The fraction of sp³-hybridized carbons (Fsp3) is 0.562. The van der Waals surface area contributed by atoms with Crippen LogP contribution in [0.4, 0.5) is 5.69 Å². The lowest BCUT2D eigenvalue weighted by Crippen LogP contribution is -2.45. The Labute approximate surface area is 110 Å². The second kappa shape index (κ2) is 5.44. The smallest absolute Gasteiger partial charge is 0.125 e. The van der Waals surface area contributed by atoms with Gasteiger partial charge in [-0.2, -0.15) is 5.26 Å². The first-order chi connectivity index (χ1) is 8.65. The normalized spacial score (nSPS) is 26.9. The van der Waals surface area contributed by atoms with Crippen molar-refractivity contribution in [3.63, 3.8) is 0 Å². The van der Waals surface area contributed by atoms with E-state index in [0.29, 0.717) is 11.8 Å². The van der Waals surface area contributed by atoms with Gasteiger partial charge in [0.25, 0.3) is 0 Å². The maximum absolute atomic E-state index is 9.60. The van der Waals surface area contributed by atoms with Crippen molar-refractivity contribution in [2.24, 2.45) is 11.8 Å². The minimum atomic E-state index is -0.457. The molecule has 3 atom stereocenters. The SMILES string of the molecule is CC1CCCCC1C(C)(C#N)Nc1ccccc1. The summed E-state index contributed by atoms with van der Waals surface area (Å²) in [6.45, 7) is 4.33. The highest BCUT2D eigenvalue weighted by atomic mass is 15.0. The van der Waals surface area contributed by atoms with Gasteiger partial charge in [0.15, 0.2) is 0 Å². The van der Waals surface area contributed by atoms with Gasteiger partial charge in [-0.25, -0.2) is 0 Å². The Balaban J connectivity index is 2.17. The molecule has 1 saturated carbocycles. The summed E-state index contributed by atoms with van der Waals surface area (Å²) >= 11 is 0. The Bertz CT molecular complexity index is 420. The summed E-state index contributed by atoms with van der Waals surface area (Å²) in [6.07, 6.45) is 4.97. The van der Waals surface area contributed by atoms with Gasteiger partial charge in [0.2, 0.25) is 0 Å². The maximum atomic E-state index is 9.60. The third-order valence-corrected chi connectivity index (χ3v) is 4.26. The van der Waals surface area contributed by atoms with E-state index >= 15 is 0 Å². The van der Waals surface area contributed by atoms with Crippen molar-refractivity contribution in [2.45, 2.75) is 45.1 Å². The van der Waals surface area contributed by atoms with Crippen LogP contribution in [0.2, 0.25) is 0 Å². The van der Waals surface area contributed by atoms with Crippen LogP contribution in [0, 0.1) is 23.2 Å². The van der Waals surface area contributed by atoms with E-state index in [1.807, 2.05) is 37.3 Å². The standard InChI is InChI=1S/C16H22N2/c1-13-8-6-7-11-15(13)16(2,12-17)18-14-9-4-3-5-10-14/h3-5,9-10,13,15,18H,6-8,11H2,1-2H3. The molecule has 2 rings (SSSR count). The molecule has 0 saturated heterocycles. The van der Waals surface area contributed by atoms with E-state index in [2.05, 4.69) is 18.3 Å². The van der Waals surface area contributed by atoms with Gasteiger partial charge in [-0.05, 0) is 37.3 Å². The lowest BCUT2D eigenvalue weighted by Gasteiger charge is -2.40. The van der Waals surface area contributed by atoms with Crippen molar-refractivity contribution < 1.29 is 0 Å². The number of hydrogen-bond donors (Lipinski definition) is 1. The van der Waals surface area contributed by atoms with Crippen molar-refractivity contribution in [1.82, 2.24) is 0 Å². The Morgan fingerprint density at radius 2 is 1.89 bits per heavy atom. The first kappa shape index (κ1) is 13.0. The molecule has 0 heterocycles. The van der Waals surface area contributed by atoms with E-state index in [1.165, 1.54) is 19.3 Å². The quantitative estimate of drug-likeness (QED) is 0.862. The highest BCUT2D eigenvalue weighted by Gasteiger charge is 2.38. The van der Waals surface area contributed by atoms with Gasteiger partial charge in [-0.1, -0.05) is 44.4 Å². The van der Waals surface area contributed by atoms with Gasteiger partial charge in [-0.3, -0.25) is 0 Å². The molecule has 2 heteroatoms. The van der Waals surface area contributed by atoms with Gasteiger partial charge in [0, 0.05) is 5.69 Å². The highest BCUT2D eigenvalue weighted by Crippen LogP contribution is 2.38. The van der Waals surface area contributed by atoms with E-state index in [9.17, 15) is 5.26 Å². The molecular weight excluding hydrogens is 220 g/mol. The van der Waals surface area contributed by atoms with E-state index in [0.717, 1.165) is 12.1 Å². The predicted octanol–water partition coefficient (Wildman–Crippen LogP) is 4.21. The average molecular weight is 242 g/mol. The molecule has 0 spiro atoms. The molecule has 96 valence electrons. The lowest BCUT2D eigenvalue weighted by atomic mass is 9.70. The third kappa shape index (κ3) is 2.67. The second-order valence-electron chi connectivity index (χ2n) is 5.67. The number of hydrogen-bond acceptors (Lipinski definition) is 2. The minimum Gasteiger partial charge on any atom is -0.367 e. The summed E-state index contributed by atoms with van der Waals surface area (Å²) in [7, 11) is 0. The Morgan fingerprint density at radius 1 is 1.22 bits per heavy atom. The molecule has 0 bridgehead atoms. The van der Waals surface area contributed by atoms with Crippen molar-refractivity contribution in [3.05, 3.63) is 30.3 Å². The molecule has 3 unspecified atom stereocenters. The molecule has 0 aromatic heterocycles. The minimum absolute atomic E-state index is 0.441. The monoisotopic (exact) mass is 242 g/mol. The number of nitrogens with one attached hydrogen (secondary N) is 1. The van der Waals surface area contributed by atoms with Gasteiger partial charge in [-0.15, -0.1) is 0 Å². The number of benzene rings is 1. The summed E-state index contributed by atoms with van der Waals surface area (Å²) in [5.41, 5.74) is 0.584. The summed E-state index contributed by atoms with van der Waals surface area (Å²) in [5.74, 6) is 1.07. The Morgan fingerprint density at radius 3 is 2.50 bits per heavy atom. The van der Waals surface area contributed by atoms with Gasteiger partial charge < -0.3 is 5.32 Å². The van der Waals surface area contributed by atoms with Gasteiger partial charge in [0.05, 0.1) is 6.07 Å². The fourth-order valence-electron chi connectivity index (χ4n) is 3.20. The van der Waals surface area contributed by atoms with Gasteiger partial charge in [0.1, 0.15) is 5.54 Å². The molecule has 1 aliphatic rings. The highest BCUT2D eigenvalue weighted by molar-refractivity contribution is 5.47. The van der Waals surface area contributed by atoms with E-state index < -0.39 is 5.54 Å². The van der Waals surface area contributed by atoms with Crippen molar-refractivity contribution in [1.29, 1.82) is 5.26 Å². The van der Waals surface area contributed by atoms with E-state index in [-0.39, 0.29) is 0 Å². The van der Waals surface area contributed by atoms with Crippen LogP contribution in [0.1, 0.15) is 39.5 Å². The van der Waals surface area contributed by atoms with Crippen molar-refractivity contribution in [3.8, 4) is 6.07 Å². The van der Waals surface area contributed by atoms with Gasteiger partial charge >= 0.3 is 0 Å². The molecule has 18 heavy (non-hydrogen) atoms. The number of para-hydroxylation sites is 1. The van der Waals surface area contributed by atoms with Crippen LogP contribution in [0.15, 0.2) is 30.3 Å². The lowest BCUT2D eigenvalue weighted by molar-refractivity contribution is 0.202. The second-order valence-corrected chi connectivity index (χ2v) is 5.67. The first-order valence-corrected chi connectivity index (χ1v) is 6.90. The topological polar surface area (TPSA) is 35.8 Å². The summed E-state index contributed by atoms with van der Waals surface area (Å²) < 4.78 is 0. The predicted molar refractivity (Wildman–Crippen MR) is 75.2 cm³/mol. The van der Waals surface area contributed by atoms with Crippen LogP contribution in [0.5, 0.6) is 0 Å². The fourth-order valence-corrected chi connectivity index (χ4v) is 3.20. The largest absolute Gasteiger partial charge is 0.367 e. The molecular formula is C16H22N2. The maximum Gasteiger partial charge on any atom is 0.125 e. The number of nitrogens with zero attached hydrogens (tertiary/aromatic N) is 1. The Kier molecular flexibility index (Phi) is 3.91. The summed E-state index contributed by atoms with van der Waals surface area (Å²) in [4.78, 5) is 0. The molecule has 1 aromatic carbocycles. The summed E-state index contributed by atoms with van der Waals surface area (Å²) in [6, 6.07) is 12.6. The number of rotatable bonds is 3. The third-order valence-electron chi connectivity index (χ3n) is 4.26. The Hall–Kier alpha value is -1.49. The molecule has 1 N–H and O–H groups in total. The molecule has 2 nitrogen and oxygen atoms in total. The molecule has 0 amide bonds. The molecule has 0 radical (unpaired) electrons. The molecule has 1 aromatic rings.